The highest BCUT2D eigenvalue weighted by molar-refractivity contribution is 5.70. The second kappa shape index (κ2) is 6.52. The third-order valence-electron chi connectivity index (χ3n) is 3.95. The van der Waals surface area contributed by atoms with Crippen molar-refractivity contribution in [2.24, 2.45) is 0 Å². The molecular weight excluding hydrogens is 271 g/mol. The summed E-state index contributed by atoms with van der Waals surface area (Å²) >= 11 is 0. The molecular formula is C16H25FN2O2. The average Bonchev–Trinajstić information content (AvgIpc) is 2.59. The van der Waals surface area contributed by atoms with E-state index in [9.17, 15) is 9.50 Å². The molecule has 2 rings (SSSR count). The Morgan fingerprint density at radius 2 is 2.14 bits per heavy atom. The maximum atomic E-state index is 13.9. The lowest BCUT2D eigenvalue weighted by Crippen LogP contribution is -2.28. The number of nitrogens with zero attached hydrogens (tertiary/aromatic N) is 1. The predicted octanol–water partition coefficient (Wildman–Crippen LogP) is 2.94. The summed E-state index contributed by atoms with van der Waals surface area (Å²) in [6, 6.07) is 3.00. The van der Waals surface area contributed by atoms with E-state index >= 15 is 0 Å². The Morgan fingerprint density at radius 3 is 2.86 bits per heavy atom. The molecule has 3 N–H and O–H groups in total. The van der Waals surface area contributed by atoms with E-state index in [0.29, 0.717) is 25.3 Å². The first kappa shape index (κ1) is 15.9. The van der Waals surface area contributed by atoms with Crippen molar-refractivity contribution in [3.63, 3.8) is 0 Å². The molecule has 21 heavy (non-hydrogen) atoms. The number of ether oxygens (including phenoxy) is 1. The summed E-state index contributed by atoms with van der Waals surface area (Å²) in [5.74, 6) is -0.177. The fourth-order valence-corrected chi connectivity index (χ4v) is 2.66. The van der Waals surface area contributed by atoms with E-state index in [-0.39, 0.29) is 5.75 Å². The van der Waals surface area contributed by atoms with E-state index < -0.39 is 11.4 Å². The van der Waals surface area contributed by atoms with Crippen LogP contribution in [0.15, 0.2) is 12.1 Å². The Bertz CT molecular complexity index is 491. The predicted molar refractivity (Wildman–Crippen MR) is 83.3 cm³/mol. The average molecular weight is 296 g/mol. The molecule has 0 saturated carbocycles. The van der Waals surface area contributed by atoms with Crippen LogP contribution in [0.2, 0.25) is 0 Å². The number of halogens is 1. The fraction of sp³-hybridized carbons (Fsp3) is 0.625. The second-order valence-electron chi connectivity index (χ2n) is 6.03. The van der Waals surface area contributed by atoms with Crippen LogP contribution in [-0.4, -0.2) is 30.4 Å². The summed E-state index contributed by atoms with van der Waals surface area (Å²) in [7, 11) is 0. The van der Waals surface area contributed by atoms with Crippen molar-refractivity contribution in [2.75, 3.05) is 30.3 Å². The van der Waals surface area contributed by atoms with Crippen molar-refractivity contribution in [1.82, 2.24) is 0 Å². The van der Waals surface area contributed by atoms with Crippen LogP contribution in [0, 0.1) is 5.82 Å². The van der Waals surface area contributed by atoms with Crippen molar-refractivity contribution < 1.29 is 14.2 Å². The maximum Gasteiger partial charge on any atom is 0.167 e. The summed E-state index contributed by atoms with van der Waals surface area (Å²) in [5.41, 5.74) is 6.54. The van der Waals surface area contributed by atoms with Gasteiger partial charge < -0.3 is 20.5 Å². The Balaban J connectivity index is 2.21. The van der Waals surface area contributed by atoms with Crippen LogP contribution in [0.3, 0.4) is 0 Å². The molecule has 5 heteroatoms. The summed E-state index contributed by atoms with van der Waals surface area (Å²) < 4.78 is 19.3. The second-order valence-corrected chi connectivity index (χ2v) is 6.03. The SMILES string of the molecule is CCCOc1cc(N2CCCC(C)(O)CC2)c(N)cc1F. The quantitative estimate of drug-likeness (QED) is 0.839. The number of rotatable bonds is 4. The third kappa shape index (κ3) is 4.00. The third-order valence-corrected chi connectivity index (χ3v) is 3.95. The van der Waals surface area contributed by atoms with Gasteiger partial charge in [0.25, 0.3) is 0 Å². The molecule has 0 spiro atoms. The van der Waals surface area contributed by atoms with Crippen LogP contribution in [0.4, 0.5) is 15.8 Å². The number of anilines is 2. The molecule has 1 aliphatic heterocycles. The van der Waals surface area contributed by atoms with Crippen LogP contribution < -0.4 is 15.4 Å². The van der Waals surface area contributed by atoms with Gasteiger partial charge in [-0.2, -0.15) is 0 Å². The lowest BCUT2D eigenvalue weighted by molar-refractivity contribution is 0.0481. The number of hydrogen-bond acceptors (Lipinski definition) is 4. The summed E-state index contributed by atoms with van der Waals surface area (Å²) in [6.45, 7) is 5.83. The molecule has 1 saturated heterocycles. The van der Waals surface area contributed by atoms with Gasteiger partial charge in [-0.05, 0) is 32.6 Å². The molecule has 0 radical (unpaired) electrons. The Labute approximate surface area is 125 Å². The minimum absolute atomic E-state index is 0.247. The molecule has 1 aliphatic rings. The van der Waals surface area contributed by atoms with Crippen LogP contribution in [0.1, 0.15) is 39.5 Å². The minimum Gasteiger partial charge on any atom is -0.490 e. The molecule has 0 bridgehead atoms. The van der Waals surface area contributed by atoms with Crippen molar-refractivity contribution in [3.05, 3.63) is 17.9 Å². The van der Waals surface area contributed by atoms with Gasteiger partial charge in [0, 0.05) is 25.2 Å². The molecule has 1 aromatic carbocycles. The van der Waals surface area contributed by atoms with E-state index in [1.165, 1.54) is 6.07 Å². The number of benzene rings is 1. The Morgan fingerprint density at radius 1 is 1.38 bits per heavy atom. The monoisotopic (exact) mass is 296 g/mol. The van der Waals surface area contributed by atoms with Crippen molar-refractivity contribution in [2.45, 2.75) is 45.1 Å². The van der Waals surface area contributed by atoms with Crippen molar-refractivity contribution in [1.29, 1.82) is 0 Å². The molecule has 1 atom stereocenters. The first-order valence-corrected chi connectivity index (χ1v) is 7.62. The molecule has 0 aliphatic carbocycles. The fourth-order valence-electron chi connectivity index (χ4n) is 2.66. The van der Waals surface area contributed by atoms with E-state index in [2.05, 4.69) is 4.90 Å². The smallest absolute Gasteiger partial charge is 0.167 e. The van der Waals surface area contributed by atoms with Gasteiger partial charge in [0.15, 0.2) is 11.6 Å². The van der Waals surface area contributed by atoms with E-state index in [4.69, 9.17) is 10.5 Å². The van der Waals surface area contributed by atoms with Gasteiger partial charge in [-0.15, -0.1) is 0 Å². The minimum atomic E-state index is -0.634. The van der Waals surface area contributed by atoms with Crippen LogP contribution in [0.25, 0.3) is 0 Å². The van der Waals surface area contributed by atoms with Crippen LogP contribution in [0.5, 0.6) is 5.75 Å². The molecule has 1 fully saturated rings. The zero-order chi connectivity index (χ0) is 15.5. The number of nitrogen functional groups attached to an aromatic ring is 1. The van der Waals surface area contributed by atoms with E-state index in [1.54, 1.807) is 6.07 Å². The molecule has 1 aromatic rings. The first-order valence-electron chi connectivity index (χ1n) is 7.62. The number of nitrogens with two attached hydrogens (primary N) is 1. The van der Waals surface area contributed by atoms with E-state index in [0.717, 1.165) is 31.5 Å². The standard InChI is InChI=1S/C16H25FN2O2/c1-3-9-21-15-11-14(13(18)10-12(15)17)19-7-4-5-16(2,20)6-8-19/h10-11,20H,3-9,18H2,1-2H3. The van der Waals surface area contributed by atoms with Crippen molar-refractivity contribution in [3.8, 4) is 5.75 Å². The van der Waals surface area contributed by atoms with Gasteiger partial charge in [0.2, 0.25) is 0 Å². The van der Waals surface area contributed by atoms with Gasteiger partial charge in [-0.1, -0.05) is 6.92 Å². The summed E-state index contributed by atoms with van der Waals surface area (Å²) in [4.78, 5) is 2.11. The van der Waals surface area contributed by atoms with Gasteiger partial charge >= 0.3 is 0 Å². The highest BCUT2D eigenvalue weighted by atomic mass is 19.1. The zero-order valence-electron chi connectivity index (χ0n) is 12.9. The lowest BCUT2D eigenvalue weighted by atomic mass is 9.98. The Kier molecular flexibility index (Phi) is 4.93. The zero-order valence-corrected chi connectivity index (χ0v) is 12.9. The number of hydrogen-bond donors (Lipinski definition) is 2. The summed E-state index contributed by atoms with van der Waals surface area (Å²) in [5, 5.41) is 10.2. The molecule has 1 heterocycles. The topological polar surface area (TPSA) is 58.7 Å². The van der Waals surface area contributed by atoms with E-state index in [1.807, 2.05) is 13.8 Å². The highest BCUT2D eigenvalue weighted by Gasteiger charge is 2.26. The van der Waals surface area contributed by atoms with Crippen LogP contribution in [-0.2, 0) is 0 Å². The maximum absolute atomic E-state index is 13.9. The highest BCUT2D eigenvalue weighted by Crippen LogP contribution is 2.33. The molecule has 0 aromatic heterocycles. The molecule has 4 nitrogen and oxygen atoms in total. The molecule has 1 unspecified atom stereocenters. The van der Waals surface area contributed by atoms with Crippen molar-refractivity contribution >= 4 is 11.4 Å². The van der Waals surface area contributed by atoms with Gasteiger partial charge in [0.05, 0.1) is 23.6 Å². The van der Waals surface area contributed by atoms with Gasteiger partial charge in [0.1, 0.15) is 0 Å². The summed E-state index contributed by atoms with van der Waals surface area (Å²) in [6.07, 6.45) is 3.15. The lowest BCUT2D eigenvalue weighted by Gasteiger charge is -2.26. The first-order chi connectivity index (χ1) is 9.93. The molecule has 118 valence electrons. The normalized spacial score (nSPS) is 23.0. The van der Waals surface area contributed by atoms with Gasteiger partial charge in [-0.3, -0.25) is 0 Å². The van der Waals surface area contributed by atoms with Gasteiger partial charge in [-0.25, -0.2) is 4.39 Å². The Hall–Kier alpha value is -1.49. The molecule has 0 amide bonds. The largest absolute Gasteiger partial charge is 0.490 e. The van der Waals surface area contributed by atoms with Crippen LogP contribution >= 0.6 is 0 Å². The number of aliphatic hydroxyl groups is 1.